The molecule has 0 saturated carbocycles. The Morgan fingerprint density at radius 1 is 1.44 bits per heavy atom. The summed E-state index contributed by atoms with van der Waals surface area (Å²) in [5.74, 6) is -1.36. The Hall–Kier alpha value is -1.59. The molecule has 0 aliphatic carbocycles. The van der Waals surface area contributed by atoms with Crippen molar-refractivity contribution in [1.29, 1.82) is 0 Å². The topological polar surface area (TPSA) is 92.4 Å². The van der Waals surface area contributed by atoms with Gasteiger partial charge >= 0.3 is 5.97 Å². The highest BCUT2D eigenvalue weighted by Crippen LogP contribution is 2.19. The first-order valence-corrected chi connectivity index (χ1v) is 5.89. The monoisotopic (exact) mass is 270 g/mol. The molecule has 0 aromatic heterocycles. The fourth-order valence-electron chi connectivity index (χ4n) is 1.38. The molecule has 0 bridgehead atoms. The van der Waals surface area contributed by atoms with E-state index in [2.05, 4.69) is 5.32 Å². The summed E-state index contributed by atoms with van der Waals surface area (Å²) in [6.07, 6.45) is 0.884. The molecule has 5 nitrogen and oxygen atoms in total. The van der Waals surface area contributed by atoms with Crippen LogP contribution in [0.3, 0.4) is 0 Å². The highest BCUT2D eigenvalue weighted by Gasteiger charge is 2.10. The minimum Gasteiger partial charge on any atom is -0.478 e. The number of carboxylic acids is 1. The lowest BCUT2D eigenvalue weighted by atomic mass is 10.1. The van der Waals surface area contributed by atoms with Crippen LogP contribution < -0.4 is 11.1 Å². The van der Waals surface area contributed by atoms with E-state index in [1.165, 1.54) is 18.2 Å². The number of carboxylic acid groups (broad SMARTS) is 1. The van der Waals surface area contributed by atoms with Gasteiger partial charge in [-0.1, -0.05) is 18.5 Å². The molecule has 6 heteroatoms. The lowest BCUT2D eigenvalue weighted by Gasteiger charge is -2.10. The van der Waals surface area contributed by atoms with E-state index in [4.69, 9.17) is 22.4 Å². The number of hydrogen-bond acceptors (Lipinski definition) is 3. The Morgan fingerprint density at radius 2 is 2.11 bits per heavy atom. The number of halogens is 1. The summed E-state index contributed by atoms with van der Waals surface area (Å²) in [7, 11) is 0. The zero-order valence-corrected chi connectivity index (χ0v) is 10.7. The maximum atomic E-state index is 11.6. The first-order chi connectivity index (χ1) is 8.42. The molecule has 98 valence electrons. The van der Waals surface area contributed by atoms with Crippen LogP contribution in [0, 0.1) is 0 Å². The lowest BCUT2D eigenvalue weighted by Crippen LogP contribution is -2.26. The summed E-state index contributed by atoms with van der Waals surface area (Å²) in [4.78, 5) is 22.4. The van der Waals surface area contributed by atoms with Crippen molar-refractivity contribution < 1.29 is 14.7 Å². The van der Waals surface area contributed by atoms with Crippen LogP contribution in [0.5, 0.6) is 0 Å². The van der Waals surface area contributed by atoms with Crippen LogP contribution in [0.4, 0.5) is 5.69 Å². The van der Waals surface area contributed by atoms with Crippen molar-refractivity contribution in [2.24, 2.45) is 5.73 Å². The van der Waals surface area contributed by atoms with Gasteiger partial charge in [-0.05, 0) is 24.6 Å². The zero-order valence-electron chi connectivity index (χ0n) is 9.94. The highest BCUT2D eigenvalue weighted by molar-refractivity contribution is 6.31. The molecule has 4 N–H and O–H groups in total. The van der Waals surface area contributed by atoms with Crippen molar-refractivity contribution >= 4 is 29.2 Å². The molecule has 0 spiro atoms. The van der Waals surface area contributed by atoms with Gasteiger partial charge in [0.05, 0.1) is 5.56 Å². The van der Waals surface area contributed by atoms with Gasteiger partial charge in [0.1, 0.15) is 0 Å². The van der Waals surface area contributed by atoms with E-state index in [1.54, 1.807) is 0 Å². The van der Waals surface area contributed by atoms with Crippen LogP contribution in [0.15, 0.2) is 18.2 Å². The second-order valence-corrected chi connectivity index (χ2v) is 4.39. The number of benzene rings is 1. The predicted octanol–water partition coefficient (Wildman–Crippen LogP) is 2.10. The fourth-order valence-corrected chi connectivity index (χ4v) is 1.61. The minimum atomic E-state index is -1.10. The number of hydrogen-bond donors (Lipinski definition) is 3. The number of carbonyl (C=O) groups is 2. The predicted molar refractivity (Wildman–Crippen MR) is 69.9 cm³/mol. The van der Waals surface area contributed by atoms with E-state index in [-0.39, 0.29) is 29.0 Å². The van der Waals surface area contributed by atoms with Crippen molar-refractivity contribution in [3.05, 3.63) is 28.8 Å². The number of carbonyl (C=O) groups excluding carboxylic acids is 1. The summed E-state index contributed by atoms with van der Waals surface area (Å²) >= 11 is 5.77. The highest BCUT2D eigenvalue weighted by atomic mass is 35.5. The van der Waals surface area contributed by atoms with E-state index in [9.17, 15) is 9.59 Å². The smallest absolute Gasteiger partial charge is 0.335 e. The van der Waals surface area contributed by atoms with Gasteiger partial charge in [0.2, 0.25) is 5.91 Å². The van der Waals surface area contributed by atoms with E-state index in [1.807, 2.05) is 6.92 Å². The quantitative estimate of drug-likeness (QED) is 0.764. The molecule has 0 heterocycles. The molecule has 1 aromatic rings. The van der Waals surface area contributed by atoms with Gasteiger partial charge < -0.3 is 16.2 Å². The molecule has 0 saturated heterocycles. The lowest BCUT2D eigenvalue weighted by molar-refractivity contribution is -0.116. The third-order valence-electron chi connectivity index (χ3n) is 2.40. The largest absolute Gasteiger partial charge is 0.478 e. The van der Waals surface area contributed by atoms with E-state index >= 15 is 0 Å². The van der Waals surface area contributed by atoms with Crippen molar-refractivity contribution in [2.45, 2.75) is 25.8 Å². The molecule has 1 unspecified atom stereocenters. The Labute approximate surface area is 110 Å². The van der Waals surface area contributed by atoms with E-state index in [0.717, 1.165) is 0 Å². The summed E-state index contributed by atoms with van der Waals surface area (Å²) in [5.41, 5.74) is 6.03. The summed E-state index contributed by atoms with van der Waals surface area (Å²) in [6, 6.07) is 3.95. The third-order valence-corrected chi connectivity index (χ3v) is 2.62. The Bertz CT molecular complexity index is 463. The van der Waals surface area contributed by atoms with E-state index in [0.29, 0.717) is 12.1 Å². The third kappa shape index (κ3) is 4.35. The summed E-state index contributed by atoms with van der Waals surface area (Å²) < 4.78 is 0. The van der Waals surface area contributed by atoms with Crippen LogP contribution in [0.25, 0.3) is 0 Å². The van der Waals surface area contributed by atoms with Gasteiger partial charge in [0.15, 0.2) is 0 Å². The molecule has 0 radical (unpaired) electrons. The molecule has 18 heavy (non-hydrogen) atoms. The maximum absolute atomic E-state index is 11.6. The van der Waals surface area contributed by atoms with Gasteiger partial charge in [-0.15, -0.1) is 0 Å². The molecular weight excluding hydrogens is 256 g/mol. The van der Waals surface area contributed by atoms with Gasteiger partial charge in [-0.2, -0.15) is 0 Å². The normalized spacial score (nSPS) is 11.9. The number of aromatic carboxylic acids is 1. The Balaban J connectivity index is 2.78. The van der Waals surface area contributed by atoms with Crippen molar-refractivity contribution in [2.75, 3.05) is 5.32 Å². The van der Waals surface area contributed by atoms with Crippen LogP contribution in [-0.4, -0.2) is 23.0 Å². The molecular formula is C12H15ClN2O3. The molecule has 1 aromatic carbocycles. The van der Waals surface area contributed by atoms with Crippen molar-refractivity contribution in [3.63, 3.8) is 0 Å². The number of nitrogens with one attached hydrogen (secondary N) is 1. The molecule has 0 fully saturated rings. The fraction of sp³-hybridized carbons (Fsp3) is 0.333. The Kier molecular flexibility index (Phi) is 5.12. The van der Waals surface area contributed by atoms with Gasteiger partial charge in [-0.25, -0.2) is 4.79 Å². The van der Waals surface area contributed by atoms with Gasteiger partial charge in [-0.3, -0.25) is 4.79 Å². The molecule has 1 atom stereocenters. The Morgan fingerprint density at radius 3 is 2.67 bits per heavy atom. The second kappa shape index (κ2) is 6.37. The van der Waals surface area contributed by atoms with Crippen LogP contribution in [-0.2, 0) is 4.79 Å². The number of rotatable bonds is 5. The minimum absolute atomic E-state index is 0.0255. The SMILES string of the molecule is CCC(N)CC(=O)Nc1cc(Cl)cc(C(=O)O)c1. The summed E-state index contributed by atoms with van der Waals surface area (Å²) in [5, 5.41) is 11.7. The van der Waals surface area contributed by atoms with Crippen LogP contribution in [0.1, 0.15) is 30.1 Å². The van der Waals surface area contributed by atoms with Gasteiger partial charge in [0, 0.05) is 23.2 Å². The second-order valence-electron chi connectivity index (χ2n) is 3.95. The first-order valence-electron chi connectivity index (χ1n) is 5.51. The average Bonchev–Trinajstić information content (AvgIpc) is 2.27. The zero-order chi connectivity index (χ0) is 13.7. The summed E-state index contributed by atoms with van der Waals surface area (Å²) in [6.45, 7) is 1.89. The molecule has 1 rings (SSSR count). The molecule has 1 amide bonds. The van der Waals surface area contributed by atoms with E-state index < -0.39 is 5.97 Å². The van der Waals surface area contributed by atoms with Gasteiger partial charge in [0.25, 0.3) is 0 Å². The molecule has 0 aliphatic rings. The standard InChI is InChI=1S/C12H15ClN2O3/c1-2-9(14)6-11(16)15-10-4-7(12(17)18)3-8(13)5-10/h3-5,9H,2,6,14H2,1H3,(H,15,16)(H,17,18). The number of amides is 1. The van der Waals surface area contributed by atoms with Crippen molar-refractivity contribution in [3.8, 4) is 0 Å². The first kappa shape index (κ1) is 14.5. The number of nitrogens with two attached hydrogens (primary N) is 1. The van der Waals surface area contributed by atoms with Crippen LogP contribution >= 0.6 is 11.6 Å². The maximum Gasteiger partial charge on any atom is 0.335 e. The van der Waals surface area contributed by atoms with Crippen LogP contribution in [0.2, 0.25) is 5.02 Å². The number of anilines is 1. The molecule has 0 aliphatic heterocycles. The van der Waals surface area contributed by atoms with Crippen molar-refractivity contribution in [1.82, 2.24) is 0 Å². The average molecular weight is 271 g/mol.